The number of nitrogens with one attached hydrogen (secondary N) is 3. The van der Waals surface area contributed by atoms with Crippen LogP contribution in [0.3, 0.4) is 0 Å². The van der Waals surface area contributed by atoms with E-state index < -0.39 is 22.0 Å². The van der Waals surface area contributed by atoms with Crippen molar-refractivity contribution in [1.29, 1.82) is 0 Å². The summed E-state index contributed by atoms with van der Waals surface area (Å²) < 4.78 is 27.4. The molecule has 10 heteroatoms. The van der Waals surface area contributed by atoms with Gasteiger partial charge in [-0.1, -0.05) is 13.0 Å². The predicted octanol–water partition coefficient (Wildman–Crippen LogP) is 3.73. The number of carbonyl (C=O) groups excluding carboxylic acids is 2. The van der Waals surface area contributed by atoms with E-state index in [1.807, 2.05) is 0 Å². The van der Waals surface area contributed by atoms with Crippen LogP contribution in [0.5, 0.6) is 0 Å². The lowest BCUT2D eigenvalue weighted by atomic mass is 10.1. The number of rotatable bonds is 8. The van der Waals surface area contributed by atoms with Gasteiger partial charge in [0.25, 0.3) is 5.91 Å². The van der Waals surface area contributed by atoms with Crippen molar-refractivity contribution in [2.24, 2.45) is 0 Å². The van der Waals surface area contributed by atoms with Crippen molar-refractivity contribution in [1.82, 2.24) is 5.32 Å². The number of hydrogen-bond donors (Lipinski definition) is 3. The molecule has 0 saturated heterocycles. The number of hydrogen-bond acceptors (Lipinski definition) is 5. The van der Waals surface area contributed by atoms with Crippen LogP contribution in [0.2, 0.25) is 0 Å². The molecule has 152 valence electrons. The molecule has 1 atom stereocenters. The fourth-order valence-electron chi connectivity index (χ4n) is 2.38. The zero-order valence-corrected chi connectivity index (χ0v) is 18.9. The van der Waals surface area contributed by atoms with Crippen LogP contribution in [0.4, 0.5) is 11.4 Å². The van der Waals surface area contributed by atoms with Crippen LogP contribution in [-0.4, -0.2) is 32.0 Å². The first-order valence-corrected chi connectivity index (χ1v) is 11.9. The Labute approximate surface area is 177 Å². The fourth-order valence-corrected chi connectivity index (χ4v) is 4.86. The van der Waals surface area contributed by atoms with Crippen LogP contribution >= 0.6 is 27.3 Å². The molecule has 0 radical (unpaired) electrons. The SMILES string of the molecule is CCCS(=O)(=O)Nc1cccc(NC(=O)C(C)NC(=O)c2ccc(Br)s2)c1C. The Morgan fingerprint density at radius 2 is 1.86 bits per heavy atom. The van der Waals surface area contributed by atoms with Gasteiger partial charge in [-0.25, -0.2) is 8.42 Å². The summed E-state index contributed by atoms with van der Waals surface area (Å²) in [5.74, 6) is -0.720. The summed E-state index contributed by atoms with van der Waals surface area (Å²) in [4.78, 5) is 25.1. The zero-order valence-electron chi connectivity index (χ0n) is 15.7. The number of amides is 2. The monoisotopic (exact) mass is 487 g/mol. The number of thiophene rings is 1. The van der Waals surface area contributed by atoms with Crippen molar-refractivity contribution in [3.63, 3.8) is 0 Å². The molecule has 1 aromatic carbocycles. The largest absolute Gasteiger partial charge is 0.340 e. The van der Waals surface area contributed by atoms with E-state index in [9.17, 15) is 18.0 Å². The molecule has 1 unspecified atom stereocenters. The number of carbonyl (C=O) groups is 2. The second-order valence-electron chi connectivity index (χ2n) is 6.19. The molecule has 2 amide bonds. The van der Waals surface area contributed by atoms with E-state index in [1.54, 1.807) is 51.1 Å². The molecule has 2 aromatic rings. The molecule has 0 bridgehead atoms. The molecule has 1 heterocycles. The molecular formula is C18H22BrN3O4S2. The highest BCUT2D eigenvalue weighted by Gasteiger charge is 2.19. The summed E-state index contributed by atoms with van der Waals surface area (Å²) in [7, 11) is -3.44. The third-order valence-electron chi connectivity index (χ3n) is 3.87. The second kappa shape index (κ2) is 9.53. The normalized spacial score (nSPS) is 12.3. The second-order valence-corrected chi connectivity index (χ2v) is 10.5. The van der Waals surface area contributed by atoms with Crippen LogP contribution in [-0.2, 0) is 14.8 Å². The van der Waals surface area contributed by atoms with Crippen molar-refractivity contribution in [3.8, 4) is 0 Å². The Bertz CT molecular complexity index is 973. The van der Waals surface area contributed by atoms with E-state index in [4.69, 9.17) is 0 Å². The summed E-state index contributed by atoms with van der Waals surface area (Å²) in [6.07, 6.45) is 0.503. The van der Waals surface area contributed by atoms with Gasteiger partial charge in [0.05, 0.1) is 20.1 Å². The summed E-state index contributed by atoms with van der Waals surface area (Å²) in [6, 6.07) is 7.63. The fraction of sp³-hybridized carbons (Fsp3) is 0.333. The smallest absolute Gasteiger partial charge is 0.262 e. The van der Waals surface area contributed by atoms with Gasteiger partial charge in [0.2, 0.25) is 15.9 Å². The van der Waals surface area contributed by atoms with Crippen molar-refractivity contribution >= 4 is 60.5 Å². The number of anilines is 2. The van der Waals surface area contributed by atoms with Gasteiger partial charge in [0, 0.05) is 5.69 Å². The minimum atomic E-state index is -3.44. The average Bonchev–Trinajstić information content (AvgIpc) is 3.04. The maximum absolute atomic E-state index is 12.5. The summed E-state index contributed by atoms with van der Waals surface area (Å²) in [5.41, 5.74) is 1.48. The summed E-state index contributed by atoms with van der Waals surface area (Å²) in [5, 5.41) is 5.38. The van der Waals surface area contributed by atoms with Gasteiger partial charge >= 0.3 is 0 Å². The first-order chi connectivity index (χ1) is 13.1. The van der Waals surface area contributed by atoms with Gasteiger partial charge in [-0.2, -0.15) is 0 Å². The first kappa shape index (κ1) is 22.4. The van der Waals surface area contributed by atoms with Crippen molar-refractivity contribution in [2.45, 2.75) is 33.2 Å². The van der Waals surface area contributed by atoms with Crippen molar-refractivity contribution in [2.75, 3.05) is 15.8 Å². The molecule has 0 spiro atoms. The van der Waals surface area contributed by atoms with E-state index >= 15 is 0 Å². The number of halogens is 1. The lowest BCUT2D eigenvalue weighted by Gasteiger charge is -2.17. The van der Waals surface area contributed by atoms with Crippen LogP contribution < -0.4 is 15.4 Å². The zero-order chi connectivity index (χ0) is 20.9. The molecule has 0 aliphatic rings. The Kier molecular flexibility index (Phi) is 7.62. The van der Waals surface area contributed by atoms with E-state index in [1.165, 1.54) is 11.3 Å². The number of sulfonamides is 1. The van der Waals surface area contributed by atoms with Crippen LogP contribution in [0, 0.1) is 6.92 Å². The van der Waals surface area contributed by atoms with Gasteiger partial charge in [-0.3, -0.25) is 14.3 Å². The third-order valence-corrected chi connectivity index (χ3v) is 6.97. The minimum absolute atomic E-state index is 0.0188. The molecular weight excluding hydrogens is 466 g/mol. The summed E-state index contributed by atoms with van der Waals surface area (Å²) in [6.45, 7) is 5.08. The maximum atomic E-state index is 12.5. The van der Waals surface area contributed by atoms with Crippen LogP contribution in [0.1, 0.15) is 35.5 Å². The Balaban J connectivity index is 2.07. The van der Waals surface area contributed by atoms with Gasteiger partial charge in [0.15, 0.2) is 0 Å². The summed E-state index contributed by atoms with van der Waals surface area (Å²) >= 11 is 4.57. The van der Waals surface area contributed by atoms with Gasteiger partial charge in [-0.05, 0) is 66.0 Å². The quantitative estimate of drug-likeness (QED) is 0.527. The lowest BCUT2D eigenvalue weighted by Crippen LogP contribution is -2.41. The molecule has 0 fully saturated rings. The third kappa shape index (κ3) is 6.05. The molecule has 1 aromatic heterocycles. The Hall–Kier alpha value is -1.91. The highest BCUT2D eigenvalue weighted by Crippen LogP contribution is 2.25. The van der Waals surface area contributed by atoms with Crippen molar-refractivity contribution < 1.29 is 18.0 Å². The molecule has 7 nitrogen and oxygen atoms in total. The molecule has 0 aliphatic heterocycles. The standard InChI is InChI=1S/C18H22BrN3O4S2/c1-4-10-28(25,26)22-14-7-5-6-13(11(14)2)21-17(23)12(3)20-18(24)15-8-9-16(19)27-15/h5-9,12,22H,4,10H2,1-3H3,(H,20,24)(H,21,23). The van der Waals surface area contributed by atoms with Gasteiger partial charge in [0.1, 0.15) is 6.04 Å². The van der Waals surface area contributed by atoms with E-state index in [-0.39, 0.29) is 11.7 Å². The number of benzene rings is 1. The van der Waals surface area contributed by atoms with E-state index in [0.29, 0.717) is 28.2 Å². The molecule has 0 saturated carbocycles. The van der Waals surface area contributed by atoms with Crippen LogP contribution in [0.15, 0.2) is 34.1 Å². The van der Waals surface area contributed by atoms with E-state index in [2.05, 4.69) is 31.3 Å². The molecule has 3 N–H and O–H groups in total. The maximum Gasteiger partial charge on any atom is 0.262 e. The average molecular weight is 488 g/mol. The lowest BCUT2D eigenvalue weighted by molar-refractivity contribution is -0.117. The predicted molar refractivity (Wildman–Crippen MR) is 116 cm³/mol. The molecule has 0 aliphatic carbocycles. The Morgan fingerprint density at radius 1 is 1.18 bits per heavy atom. The van der Waals surface area contributed by atoms with Crippen molar-refractivity contribution in [3.05, 3.63) is 44.6 Å². The van der Waals surface area contributed by atoms with E-state index in [0.717, 1.165) is 3.79 Å². The highest BCUT2D eigenvalue weighted by atomic mass is 79.9. The first-order valence-electron chi connectivity index (χ1n) is 8.60. The van der Waals surface area contributed by atoms with Crippen LogP contribution in [0.25, 0.3) is 0 Å². The van der Waals surface area contributed by atoms with Gasteiger partial charge < -0.3 is 10.6 Å². The molecule has 2 rings (SSSR count). The molecule has 28 heavy (non-hydrogen) atoms. The van der Waals surface area contributed by atoms with Gasteiger partial charge in [-0.15, -0.1) is 11.3 Å². The minimum Gasteiger partial charge on any atom is -0.340 e. The Morgan fingerprint density at radius 3 is 2.46 bits per heavy atom. The highest BCUT2D eigenvalue weighted by molar-refractivity contribution is 9.11. The topological polar surface area (TPSA) is 104 Å².